The molecular formula is C23H21N. The minimum atomic E-state index is -0.339. The summed E-state index contributed by atoms with van der Waals surface area (Å²) in [7, 11) is 0. The Morgan fingerprint density at radius 2 is 1.17 bits per heavy atom. The van der Waals surface area contributed by atoms with Crippen molar-refractivity contribution in [3.05, 3.63) is 108 Å². The summed E-state index contributed by atoms with van der Waals surface area (Å²) in [5.74, 6) is 0.323. The quantitative estimate of drug-likeness (QED) is 0.599. The maximum atomic E-state index is 5.23. The molecule has 0 aliphatic carbocycles. The predicted octanol–water partition coefficient (Wildman–Crippen LogP) is 5.58. The highest BCUT2D eigenvalue weighted by atomic mass is 14.9. The molecule has 0 radical (unpaired) electrons. The second-order valence-corrected chi connectivity index (χ2v) is 6.51. The van der Waals surface area contributed by atoms with Crippen LogP contribution in [0.15, 0.2) is 96.0 Å². The lowest BCUT2D eigenvalue weighted by Crippen LogP contribution is -2.30. The predicted molar refractivity (Wildman–Crippen MR) is 101 cm³/mol. The van der Waals surface area contributed by atoms with E-state index in [1.54, 1.807) is 0 Å². The lowest BCUT2D eigenvalue weighted by molar-refractivity contribution is 0.466. The summed E-state index contributed by atoms with van der Waals surface area (Å²) in [4.78, 5) is 5.23. The average molecular weight is 311 g/mol. The average Bonchev–Trinajstić information content (AvgIpc) is 3.02. The van der Waals surface area contributed by atoms with Crippen LogP contribution in [-0.4, -0.2) is 5.71 Å². The molecule has 1 atom stereocenters. The van der Waals surface area contributed by atoms with E-state index in [4.69, 9.17) is 4.99 Å². The van der Waals surface area contributed by atoms with Crippen molar-refractivity contribution in [1.29, 1.82) is 0 Å². The molecule has 3 aromatic carbocycles. The maximum Gasteiger partial charge on any atom is 0.118 e. The monoisotopic (exact) mass is 311 g/mol. The van der Waals surface area contributed by atoms with E-state index < -0.39 is 0 Å². The Morgan fingerprint density at radius 3 is 1.67 bits per heavy atom. The molecule has 0 saturated heterocycles. The van der Waals surface area contributed by atoms with Crippen molar-refractivity contribution in [3.63, 3.8) is 0 Å². The van der Waals surface area contributed by atoms with Crippen LogP contribution < -0.4 is 0 Å². The van der Waals surface area contributed by atoms with Gasteiger partial charge in [-0.25, -0.2) is 0 Å². The third-order valence-corrected chi connectivity index (χ3v) is 5.00. The van der Waals surface area contributed by atoms with E-state index >= 15 is 0 Å². The fourth-order valence-electron chi connectivity index (χ4n) is 3.99. The molecule has 0 amide bonds. The standard InChI is InChI=1S/C23H21N/c1-18-17-22(19-11-5-2-6-12-19)23(24-18,20-13-7-3-8-14-20)21-15-9-4-10-16-21/h2-16,22H,17H2,1H3. The minimum absolute atomic E-state index is 0.323. The lowest BCUT2D eigenvalue weighted by atomic mass is 9.71. The Hall–Kier alpha value is -2.67. The SMILES string of the molecule is CC1=NC(c2ccccc2)(c2ccccc2)C(c2ccccc2)C1. The number of nitrogens with zero attached hydrogens (tertiary/aromatic N) is 1. The zero-order valence-electron chi connectivity index (χ0n) is 13.9. The van der Waals surface area contributed by atoms with E-state index in [-0.39, 0.29) is 5.54 Å². The molecule has 0 aromatic heterocycles. The van der Waals surface area contributed by atoms with E-state index in [1.165, 1.54) is 22.4 Å². The molecule has 4 rings (SSSR count). The number of hydrogen-bond acceptors (Lipinski definition) is 1. The first kappa shape index (κ1) is 14.9. The first-order valence-corrected chi connectivity index (χ1v) is 8.52. The first-order valence-electron chi connectivity index (χ1n) is 8.52. The van der Waals surface area contributed by atoms with Crippen molar-refractivity contribution in [1.82, 2.24) is 0 Å². The first-order chi connectivity index (χ1) is 11.8. The second kappa shape index (κ2) is 6.09. The molecule has 0 spiro atoms. The number of hydrogen-bond donors (Lipinski definition) is 0. The molecule has 1 unspecified atom stereocenters. The van der Waals surface area contributed by atoms with E-state index in [9.17, 15) is 0 Å². The molecule has 3 aromatic rings. The summed E-state index contributed by atoms with van der Waals surface area (Å²) < 4.78 is 0. The Bertz CT molecular complexity index is 795. The summed E-state index contributed by atoms with van der Waals surface area (Å²) in [6.07, 6.45) is 0.994. The molecule has 0 N–H and O–H groups in total. The summed E-state index contributed by atoms with van der Waals surface area (Å²) >= 11 is 0. The summed E-state index contributed by atoms with van der Waals surface area (Å²) in [5.41, 5.74) is 4.76. The zero-order chi connectivity index (χ0) is 16.4. The van der Waals surface area contributed by atoms with Gasteiger partial charge >= 0.3 is 0 Å². The molecule has 0 fully saturated rings. The van der Waals surface area contributed by atoms with Crippen molar-refractivity contribution in [3.8, 4) is 0 Å². The van der Waals surface area contributed by atoms with Gasteiger partial charge in [0.05, 0.1) is 0 Å². The van der Waals surface area contributed by atoms with Crippen LogP contribution in [0.4, 0.5) is 0 Å². The third-order valence-electron chi connectivity index (χ3n) is 5.00. The Labute approximate surface area is 143 Å². The van der Waals surface area contributed by atoms with Gasteiger partial charge in [-0.05, 0) is 30.0 Å². The van der Waals surface area contributed by atoms with Crippen molar-refractivity contribution in [2.24, 2.45) is 4.99 Å². The molecule has 24 heavy (non-hydrogen) atoms. The van der Waals surface area contributed by atoms with Crippen molar-refractivity contribution >= 4 is 5.71 Å². The molecular weight excluding hydrogens is 290 g/mol. The Balaban J connectivity index is 1.98. The molecule has 1 aliphatic heterocycles. The van der Waals surface area contributed by atoms with Crippen LogP contribution in [0, 0.1) is 0 Å². The molecule has 0 saturated carbocycles. The van der Waals surface area contributed by atoms with Gasteiger partial charge in [0.25, 0.3) is 0 Å². The van der Waals surface area contributed by atoms with E-state index in [0.717, 1.165) is 6.42 Å². The smallest absolute Gasteiger partial charge is 0.118 e. The topological polar surface area (TPSA) is 12.4 Å². The van der Waals surface area contributed by atoms with Crippen molar-refractivity contribution in [2.75, 3.05) is 0 Å². The third kappa shape index (κ3) is 2.37. The van der Waals surface area contributed by atoms with Gasteiger partial charge < -0.3 is 0 Å². The molecule has 1 nitrogen and oxygen atoms in total. The number of aliphatic imine (C=N–C) groups is 1. The summed E-state index contributed by atoms with van der Waals surface area (Å²) in [6, 6.07) is 32.3. The molecule has 0 bridgehead atoms. The minimum Gasteiger partial charge on any atom is -0.278 e. The Morgan fingerprint density at radius 1 is 0.708 bits per heavy atom. The fourth-order valence-corrected chi connectivity index (χ4v) is 3.99. The van der Waals surface area contributed by atoms with Crippen LogP contribution in [-0.2, 0) is 5.54 Å². The largest absolute Gasteiger partial charge is 0.278 e. The Kier molecular flexibility index (Phi) is 3.78. The van der Waals surface area contributed by atoms with Gasteiger partial charge in [0.15, 0.2) is 0 Å². The number of benzene rings is 3. The molecule has 1 aliphatic rings. The lowest BCUT2D eigenvalue weighted by Gasteiger charge is -2.35. The van der Waals surface area contributed by atoms with Crippen LogP contribution in [0.2, 0.25) is 0 Å². The maximum absolute atomic E-state index is 5.23. The molecule has 118 valence electrons. The van der Waals surface area contributed by atoms with Crippen LogP contribution >= 0.6 is 0 Å². The van der Waals surface area contributed by atoms with Crippen LogP contribution in [0.1, 0.15) is 36.0 Å². The van der Waals surface area contributed by atoms with Gasteiger partial charge in [0, 0.05) is 11.6 Å². The molecule has 1 heterocycles. The van der Waals surface area contributed by atoms with Gasteiger partial charge in [-0.2, -0.15) is 0 Å². The highest BCUT2D eigenvalue weighted by Gasteiger charge is 2.46. The highest BCUT2D eigenvalue weighted by Crippen LogP contribution is 2.51. The highest BCUT2D eigenvalue weighted by molar-refractivity contribution is 5.87. The zero-order valence-corrected chi connectivity index (χ0v) is 13.9. The summed E-state index contributed by atoms with van der Waals surface area (Å²) in [5, 5.41) is 0. The van der Waals surface area contributed by atoms with Crippen LogP contribution in [0.3, 0.4) is 0 Å². The van der Waals surface area contributed by atoms with Gasteiger partial charge in [-0.15, -0.1) is 0 Å². The van der Waals surface area contributed by atoms with Crippen molar-refractivity contribution < 1.29 is 0 Å². The fraction of sp³-hybridized carbons (Fsp3) is 0.174. The van der Waals surface area contributed by atoms with Crippen molar-refractivity contribution in [2.45, 2.75) is 24.8 Å². The van der Waals surface area contributed by atoms with Crippen LogP contribution in [0.25, 0.3) is 0 Å². The van der Waals surface area contributed by atoms with E-state index in [2.05, 4.69) is 97.9 Å². The summed E-state index contributed by atoms with van der Waals surface area (Å²) in [6.45, 7) is 2.16. The van der Waals surface area contributed by atoms with E-state index in [1.807, 2.05) is 0 Å². The van der Waals surface area contributed by atoms with Gasteiger partial charge in [0.2, 0.25) is 0 Å². The second-order valence-electron chi connectivity index (χ2n) is 6.51. The molecule has 1 heteroatoms. The number of rotatable bonds is 3. The normalized spacial score (nSPS) is 19.0. The van der Waals surface area contributed by atoms with Gasteiger partial charge in [0.1, 0.15) is 5.54 Å². The van der Waals surface area contributed by atoms with Gasteiger partial charge in [-0.3, -0.25) is 4.99 Å². The van der Waals surface area contributed by atoms with E-state index in [0.29, 0.717) is 5.92 Å². The van der Waals surface area contributed by atoms with Gasteiger partial charge in [-0.1, -0.05) is 91.0 Å². The van der Waals surface area contributed by atoms with Crippen LogP contribution in [0.5, 0.6) is 0 Å².